The summed E-state index contributed by atoms with van der Waals surface area (Å²) in [5.41, 5.74) is 0. The number of unbranched alkanes of at least 4 members (excludes halogenated alkanes) is 3. The summed E-state index contributed by atoms with van der Waals surface area (Å²) in [4.78, 5) is 0. The Labute approximate surface area is 211 Å². The van der Waals surface area contributed by atoms with Crippen LogP contribution in [-0.2, 0) is 37.1 Å². The zero-order chi connectivity index (χ0) is 27.2. The van der Waals surface area contributed by atoms with Gasteiger partial charge in [-0.25, -0.2) is 0 Å². The van der Waals surface area contributed by atoms with Gasteiger partial charge in [0, 0.05) is 0 Å². The molecule has 0 aromatic carbocycles. The first-order chi connectivity index (χ1) is 15.5. The van der Waals surface area contributed by atoms with Crippen molar-refractivity contribution in [3.63, 3.8) is 0 Å². The Morgan fingerprint density at radius 2 is 0.794 bits per heavy atom. The van der Waals surface area contributed by atoms with Gasteiger partial charge in [0.05, 0.1) is 0 Å². The molecule has 0 aliphatic heterocycles. The molecule has 8 nitrogen and oxygen atoms in total. The molecule has 12 heteroatoms. The molecule has 212 valence electrons. The summed E-state index contributed by atoms with van der Waals surface area (Å²) in [7, 11) is -5.38. The van der Waals surface area contributed by atoms with E-state index >= 15 is 0 Å². The van der Waals surface area contributed by atoms with E-state index in [-0.39, 0.29) is 0 Å². The van der Waals surface area contributed by atoms with Crippen molar-refractivity contribution in [3.8, 4) is 0 Å². The van der Waals surface area contributed by atoms with E-state index in [0.29, 0.717) is 0 Å². The molecule has 0 aromatic heterocycles. The van der Waals surface area contributed by atoms with Crippen LogP contribution in [0.1, 0.15) is 80.1 Å². The van der Waals surface area contributed by atoms with E-state index in [1.54, 1.807) is 0 Å². The molecule has 0 N–H and O–H groups in total. The molecule has 0 fully saturated rings. The summed E-state index contributed by atoms with van der Waals surface area (Å²) < 4.78 is 66.3. The molecule has 0 aromatic rings. The molecule has 0 aliphatic carbocycles. The fourth-order valence-corrected chi connectivity index (χ4v) is 16.6. The van der Waals surface area contributed by atoms with Gasteiger partial charge in [0.25, 0.3) is 0 Å². The third-order valence-corrected chi connectivity index (χ3v) is 23.3. The van der Waals surface area contributed by atoms with Crippen LogP contribution in [0.4, 0.5) is 0 Å². The number of hydrogen-bond acceptors (Lipinski definition) is 8. The summed E-state index contributed by atoms with van der Waals surface area (Å²) in [6.45, 7) is 11.1. The molecule has 0 aliphatic rings. The van der Waals surface area contributed by atoms with E-state index in [0.717, 1.165) is 82.6 Å². The number of rotatable bonds is 18. The quantitative estimate of drug-likeness (QED) is 0.173. The Hall–Kier alpha value is 0.600. The minimum absolute atomic E-state index is 0.751. The van der Waals surface area contributed by atoms with Crippen LogP contribution in [0.5, 0.6) is 0 Å². The van der Waals surface area contributed by atoms with E-state index in [4.69, 9.17) is 7.94 Å². The molecule has 0 rings (SSSR count). The van der Waals surface area contributed by atoms with E-state index in [1.165, 1.54) is 7.11 Å². The van der Waals surface area contributed by atoms with E-state index < -0.39 is 34.5 Å². The minimum atomic E-state index is -3.87. The predicted molar refractivity (Wildman–Crippen MR) is 151 cm³/mol. The van der Waals surface area contributed by atoms with Gasteiger partial charge in [-0.05, 0) is 0 Å². The zero-order valence-corrected chi connectivity index (χ0v) is 26.9. The van der Waals surface area contributed by atoms with E-state index in [9.17, 15) is 16.8 Å². The zero-order valence-electron chi connectivity index (χ0n) is 23.5. The number of hydrogen-bond donors (Lipinski definition) is 0. The fourth-order valence-electron chi connectivity index (χ4n) is 3.72. The van der Waals surface area contributed by atoms with Gasteiger partial charge in [0.15, 0.2) is 0 Å². The normalized spacial score (nSPS) is 15.5. The third-order valence-electron chi connectivity index (χ3n) is 7.16. The molecule has 0 amide bonds. The average Bonchev–Trinajstić information content (AvgIpc) is 2.81. The predicted octanol–water partition coefficient (Wildman–Crippen LogP) is 6.44. The fraction of sp³-hybridized carbons (Fsp3) is 1.00. The van der Waals surface area contributed by atoms with Crippen LogP contribution in [-0.4, -0.2) is 81.4 Å². The van der Waals surface area contributed by atoms with Crippen molar-refractivity contribution in [2.75, 3.05) is 64.5 Å². The van der Waals surface area contributed by atoms with Crippen molar-refractivity contribution < 1.29 is 33.1 Å². The maximum atomic E-state index is 11.9. The Bertz CT molecular complexity index is 745. The SMILES string of the molecule is CCCCP(C)(CCCC)(CCCC)OS(=O)(=O)OC.CCP(C)(CC)(CC)OS(=O)(=O)OC. The summed E-state index contributed by atoms with van der Waals surface area (Å²) in [6.07, 6.45) is 11.1. The van der Waals surface area contributed by atoms with Crippen LogP contribution in [0, 0.1) is 0 Å². The molecule has 0 radical (unpaired) electrons. The molecular formula is C22H54O8P2S2. The molecule has 0 heterocycles. The molecule has 0 atom stereocenters. The van der Waals surface area contributed by atoms with Crippen LogP contribution >= 0.6 is 13.7 Å². The first-order valence-corrected chi connectivity index (χ1v) is 21.5. The Balaban J connectivity index is 0. The summed E-state index contributed by atoms with van der Waals surface area (Å²) >= 11 is 0. The third kappa shape index (κ3) is 12.7. The van der Waals surface area contributed by atoms with Gasteiger partial charge >= 0.3 is 212 Å². The van der Waals surface area contributed by atoms with Crippen LogP contribution < -0.4 is 0 Å². The Morgan fingerprint density at radius 3 is 1.00 bits per heavy atom. The first kappa shape index (κ1) is 36.8. The van der Waals surface area contributed by atoms with Crippen molar-refractivity contribution in [2.45, 2.75) is 80.1 Å². The van der Waals surface area contributed by atoms with Crippen LogP contribution in [0.15, 0.2) is 0 Å². The van der Waals surface area contributed by atoms with Crippen molar-refractivity contribution in [1.29, 1.82) is 0 Å². The Kier molecular flexibility index (Phi) is 16.3. The molecule has 0 saturated carbocycles. The van der Waals surface area contributed by atoms with Crippen molar-refractivity contribution >= 4 is 34.5 Å². The van der Waals surface area contributed by atoms with Gasteiger partial charge in [-0.1, -0.05) is 0 Å². The van der Waals surface area contributed by atoms with Gasteiger partial charge in [-0.15, -0.1) is 0 Å². The summed E-state index contributed by atoms with van der Waals surface area (Å²) in [6, 6.07) is 0. The standard InChI is InChI=1S/C14H33O4PS.C8H21O4PS/c1-6-9-12-19(5,13-10-7-2,14-11-8-3)18-20(15,16)17-4;1-6-13(5,7-2,8-3)12-14(9,10)11-4/h6-14H2,1-5H3;6-8H2,1-5H3. The summed E-state index contributed by atoms with van der Waals surface area (Å²) in [5, 5.41) is 0. The van der Waals surface area contributed by atoms with Gasteiger partial charge in [-0.2, -0.15) is 0 Å². The molecule has 34 heavy (non-hydrogen) atoms. The van der Waals surface area contributed by atoms with Crippen molar-refractivity contribution in [1.82, 2.24) is 0 Å². The molecule has 0 unspecified atom stereocenters. The monoisotopic (exact) mass is 572 g/mol. The molecule has 0 bridgehead atoms. The molecular weight excluding hydrogens is 518 g/mol. The molecule has 0 saturated heterocycles. The van der Waals surface area contributed by atoms with Crippen molar-refractivity contribution in [2.24, 2.45) is 0 Å². The summed E-state index contributed by atoms with van der Waals surface area (Å²) in [5.74, 6) is 0. The van der Waals surface area contributed by atoms with Gasteiger partial charge in [-0.3, -0.25) is 0 Å². The van der Waals surface area contributed by atoms with Gasteiger partial charge in [0.1, 0.15) is 0 Å². The van der Waals surface area contributed by atoms with Crippen molar-refractivity contribution in [3.05, 3.63) is 0 Å². The topological polar surface area (TPSA) is 105 Å². The van der Waals surface area contributed by atoms with Gasteiger partial charge in [0.2, 0.25) is 0 Å². The second-order valence-corrected chi connectivity index (χ2v) is 25.3. The average molecular weight is 573 g/mol. The van der Waals surface area contributed by atoms with Crippen LogP contribution in [0.2, 0.25) is 0 Å². The first-order valence-electron chi connectivity index (χ1n) is 12.5. The van der Waals surface area contributed by atoms with Gasteiger partial charge < -0.3 is 0 Å². The maximum absolute atomic E-state index is 11.9. The Morgan fingerprint density at radius 1 is 0.529 bits per heavy atom. The van der Waals surface area contributed by atoms with Crippen LogP contribution in [0.25, 0.3) is 0 Å². The second kappa shape index (κ2) is 15.1. The molecule has 0 spiro atoms. The second-order valence-electron chi connectivity index (χ2n) is 9.86. The van der Waals surface area contributed by atoms with Crippen LogP contribution in [0.3, 0.4) is 0 Å². The van der Waals surface area contributed by atoms with E-state index in [2.05, 4.69) is 35.8 Å². The van der Waals surface area contributed by atoms with E-state index in [1.807, 2.05) is 27.4 Å².